The van der Waals surface area contributed by atoms with E-state index in [4.69, 9.17) is 4.74 Å². The summed E-state index contributed by atoms with van der Waals surface area (Å²) < 4.78 is 5.48. The molecule has 0 bridgehead atoms. The topological polar surface area (TPSA) is 96.0 Å². The third kappa shape index (κ3) is 4.42. The molecule has 1 saturated heterocycles. The maximum absolute atomic E-state index is 12.7. The Labute approximate surface area is 179 Å². The number of carbonyl (C=O) groups is 4. The molecule has 0 unspecified atom stereocenters. The first-order valence-corrected chi connectivity index (χ1v) is 10.2. The summed E-state index contributed by atoms with van der Waals surface area (Å²) in [6.45, 7) is 2.52. The molecule has 0 aromatic heterocycles. The molecule has 8 nitrogen and oxygen atoms in total. The number of hydrogen-bond acceptors (Lipinski definition) is 5. The molecule has 2 aromatic carbocycles. The van der Waals surface area contributed by atoms with Crippen LogP contribution < -0.4 is 15.0 Å². The quantitative estimate of drug-likeness (QED) is 0.749. The van der Waals surface area contributed by atoms with Crippen molar-refractivity contribution >= 4 is 34.9 Å². The number of benzene rings is 2. The van der Waals surface area contributed by atoms with Gasteiger partial charge in [0.1, 0.15) is 12.3 Å². The van der Waals surface area contributed by atoms with Crippen molar-refractivity contribution in [2.45, 2.75) is 19.8 Å². The molecule has 1 fully saturated rings. The molecule has 0 saturated carbocycles. The number of Topliss-reactive ketones (excluding diaryl/α,β-unsaturated/α-hetero) is 1. The molecular formula is C23H23N3O5. The van der Waals surface area contributed by atoms with Crippen LogP contribution in [0, 0.1) is 0 Å². The van der Waals surface area contributed by atoms with Gasteiger partial charge in [0.15, 0.2) is 12.4 Å². The van der Waals surface area contributed by atoms with Crippen molar-refractivity contribution < 1.29 is 23.9 Å². The second-order valence-electron chi connectivity index (χ2n) is 7.63. The summed E-state index contributed by atoms with van der Waals surface area (Å²) in [5.74, 6) is -0.453. The van der Waals surface area contributed by atoms with Gasteiger partial charge in [-0.25, -0.2) is 0 Å². The van der Waals surface area contributed by atoms with Gasteiger partial charge in [-0.1, -0.05) is 0 Å². The zero-order valence-corrected chi connectivity index (χ0v) is 17.2. The number of nitrogens with zero attached hydrogens (tertiary/aromatic N) is 2. The Hall–Kier alpha value is -3.68. The summed E-state index contributed by atoms with van der Waals surface area (Å²) in [4.78, 5) is 52.3. The van der Waals surface area contributed by atoms with Gasteiger partial charge in [-0.2, -0.15) is 0 Å². The lowest BCUT2D eigenvalue weighted by atomic mass is 10.1. The standard InChI is InChI=1S/C23H23N3O5/c1-15(27)16-4-7-18(8-5-16)24-21(28)13-26-19-12-17(23(30)25-10-2-3-11-25)6-9-20(19)31-14-22(26)29/h4-9,12H,2-3,10-11,13-14H2,1H3,(H,24,28). The largest absolute Gasteiger partial charge is 0.482 e. The van der Waals surface area contributed by atoms with Crippen LogP contribution in [0.25, 0.3) is 0 Å². The number of nitrogens with one attached hydrogen (secondary N) is 1. The summed E-state index contributed by atoms with van der Waals surface area (Å²) in [5, 5.41) is 2.73. The fraction of sp³-hybridized carbons (Fsp3) is 0.304. The highest BCUT2D eigenvalue weighted by molar-refractivity contribution is 6.06. The summed E-state index contributed by atoms with van der Waals surface area (Å²) in [6, 6.07) is 11.5. The number of ether oxygens (including phenoxy) is 1. The Morgan fingerprint density at radius 3 is 2.35 bits per heavy atom. The Morgan fingerprint density at radius 2 is 1.68 bits per heavy atom. The highest BCUT2D eigenvalue weighted by Crippen LogP contribution is 2.33. The third-order valence-electron chi connectivity index (χ3n) is 5.42. The van der Waals surface area contributed by atoms with Crippen molar-refractivity contribution in [1.29, 1.82) is 0 Å². The number of anilines is 2. The lowest BCUT2D eigenvalue weighted by Gasteiger charge is -2.29. The van der Waals surface area contributed by atoms with Gasteiger partial charge in [0.25, 0.3) is 11.8 Å². The first-order chi connectivity index (χ1) is 14.9. The molecule has 2 aliphatic heterocycles. The smallest absolute Gasteiger partial charge is 0.265 e. The van der Waals surface area contributed by atoms with Gasteiger partial charge in [0.2, 0.25) is 5.91 Å². The Balaban J connectivity index is 1.51. The van der Waals surface area contributed by atoms with Crippen LogP contribution in [-0.4, -0.2) is 54.6 Å². The van der Waals surface area contributed by atoms with Gasteiger partial charge in [0, 0.05) is 29.9 Å². The van der Waals surface area contributed by atoms with Crippen molar-refractivity contribution in [2.24, 2.45) is 0 Å². The second-order valence-corrected chi connectivity index (χ2v) is 7.63. The molecule has 2 heterocycles. The maximum Gasteiger partial charge on any atom is 0.265 e. The van der Waals surface area contributed by atoms with Gasteiger partial charge in [-0.15, -0.1) is 0 Å². The third-order valence-corrected chi connectivity index (χ3v) is 5.42. The highest BCUT2D eigenvalue weighted by Gasteiger charge is 2.29. The summed E-state index contributed by atoms with van der Waals surface area (Å²) >= 11 is 0. The number of likely N-dealkylation sites (tertiary alicyclic amines) is 1. The molecule has 160 valence electrons. The first-order valence-electron chi connectivity index (χ1n) is 10.2. The minimum Gasteiger partial charge on any atom is -0.482 e. The van der Waals surface area contributed by atoms with Crippen molar-refractivity contribution in [3.05, 3.63) is 53.6 Å². The SMILES string of the molecule is CC(=O)c1ccc(NC(=O)CN2C(=O)COc3ccc(C(=O)N4CCCC4)cc32)cc1. The second kappa shape index (κ2) is 8.59. The Morgan fingerprint density at radius 1 is 1.00 bits per heavy atom. The zero-order chi connectivity index (χ0) is 22.0. The molecule has 2 aromatic rings. The number of amides is 3. The van der Waals surface area contributed by atoms with E-state index in [0.29, 0.717) is 28.3 Å². The van der Waals surface area contributed by atoms with Crippen LogP contribution in [0.2, 0.25) is 0 Å². The fourth-order valence-corrected chi connectivity index (χ4v) is 3.74. The van der Waals surface area contributed by atoms with Crippen LogP contribution in [0.4, 0.5) is 11.4 Å². The first kappa shape index (κ1) is 20.6. The van der Waals surface area contributed by atoms with Crippen molar-refractivity contribution in [1.82, 2.24) is 4.90 Å². The molecule has 3 amide bonds. The van der Waals surface area contributed by atoms with Crippen LogP contribution in [-0.2, 0) is 9.59 Å². The number of hydrogen-bond donors (Lipinski definition) is 1. The fourth-order valence-electron chi connectivity index (χ4n) is 3.74. The maximum atomic E-state index is 12.7. The molecule has 31 heavy (non-hydrogen) atoms. The van der Waals surface area contributed by atoms with Gasteiger partial charge >= 0.3 is 0 Å². The Bertz CT molecular complexity index is 1040. The van der Waals surface area contributed by atoms with E-state index >= 15 is 0 Å². The zero-order valence-electron chi connectivity index (χ0n) is 17.2. The minimum absolute atomic E-state index is 0.0623. The van der Waals surface area contributed by atoms with Crippen molar-refractivity contribution in [3.63, 3.8) is 0 Å². The van der Waals surface area contributed by atoms with Crippen LogP contribution >= 0.6 is 0 Å². The van der Waals surface area contributed by atoms with Crippen molar-refractivity contribution in [3.8, 4) is 5.75 Å². The van der Waals surface area contributed by atoms with E-state index in [1.54, 1.807) is 47.4 Å². The van der Waals surface area contributed by atoms with E-state index in [2.05, 4.69) is 5.32 Å². The Kier molecular flexibility index (Phi) is 5.70. The van der Waals surface area contributed by atoms with Crippen LogP contribution in [0.5, 0.6) is 5.75 Å². The molecule has 4 rings (SSSR count). The van der Waals surface area contributed by atoms with Crippen LogP contribution in [0.15, 0.2) is 42.5 Å². The lowest BCUT2D eigenvalue weighted by molar-refractivity contribution is -0.123. The molecule has 0 aliphatic carbocycles. The van der Waals surface area contributed by atoms with E-state index in [1.165, 1.54) is 11.8 Å². The molecule has 2 aliphatic rings. The molecule has 0 spiro atoms. The van der Waals surface area contributed by atoms with E-state index in [-0.39, 0.29) is 30.7 Å². The summed E-state index contributed by atoms with van der Waals surface area (Å²) in [6.07, 6.45) is 1.97. The number of fused-ring (bicyclic) bond motifs is 1. The molecule has 1 N–H and O–H groups in total. The summed E-state index contributed by atoms with van der Waals surface area (Å²) in [7, 11) is 0. The average Bonchev–Trinajstić information content (AvgIpc) is 3.30. The van der Waals surface area contributed by atoms with Gasteiger partial charge in [-0.3, -0.25) is 24.1 Å². The van der Waals surface area contributed by atoms with Crippen LogP contribution in [0.1, 0.15) is 40.5 Å². The monoisotopic (exact) mass is 421 g/mol. The molecular weight excluding hydrogens is 398 g/mol. The highest BCUT2D eigenvalue weighted by atomic mass is 16.5. The predicted molar refractivity (Wildman–Crippen MR) is 115 cm³/mol. The predicted octanol–water partition coefficient (Wildman–Crippen LogP) is 2.49. The molecule has 0 radical (unpaired) electrons. The van der Waals surface area contributed by atoms with Gasteiger partial charge < -0.3 is 15.0 Å². The van der Waals surface area contributed by atoms with Gasteiger partial charge in [-0.05, 0) is 62.2 Å². The number of rotatable bonds is 5. The number of carbonyl (C=O) groups excluding carboxylic acids is 4. The van der Waals surface area contributed by atoms with E-state index in [1.807, 2.05) is 0 Å². The molecule has 0 atom stereocenters. The normalized spacial score (nSPS) is 15.3. The van der Waals surface area contributed by atoms with E-state index in [9.17, 15) is 19.2 Å². The molecule has 8 heteroatoms. The number of ketones is 1. The average molecular weight is 421 g/mol. The summed E-state index contributed by atoms with van der Waals surface area (Å²) in [5.41, 5.74) is 1.94. The minimum atomic E-state index is -0.395. The van der Waals surface area contributed by atoms with Gasteiger partial charge in [0.05, 0.1) is 5.69 Å². The van der Waals surface area contributed by atoms with E-state index < -0.39 is 5.91 Å². The van der Waals surface area contributed by atoms with Crippen LogP contribution in [0.3, 0.4) is 0 Å². The lowest BCUT2D eigenvalue weighted by Crippen LogP contribution is -2.43. The van der Waals surface area contributed by atoms with E-state index in [0.717, 1.165) is 25.9 Å². The van der Waals surface area contributed by atoms with Crippen molar-refractivity contribution in [2.75, 3.05) is 36.5 Å².